The maximum Gasteiger partial charge on any atom is 0.0843 e. The molecule has 0 saturated heterocycles. The molecule has 0 aliphatic rings. The first-order valence-electron chi connectivity index (χ1n) is 4.13. The van der Waals surface area contributed by atoms with Gasteiger partial charge < -0.3 is 5.73 Å². The number of nitrogens with two attached hydrogens (primary N) is 1. The lowest BCUT2D eigenvalue weighted by atomic mass is 9.88. The van der Waals surface area contributed by atoms with Crippen molar-refractivity contribution >= 4 is 43.2 Å². The standard InChI is InChI=1S/C9H13Br2NS/c1-9(2,3-4-12)7-5-6(10)8(11)13-7/h5H,3-4,12H2,1-2H3. The monoisotopic (exact) mass is 325 g/mol. The summed E-state index contributed by atoms with van der Waals surface area (Å²) < 4.78 is 2.30. The van der Waals surface area contributed by atoms with E-state index in [9.17, 15) is 0 Å². The van der Waals surface area contributed by atoms with Crippen molar-refractivity contribution < 1.29 is 0 Å². The van der Waals surface area contributed by atoms with Crippen LogP contribution in [0.5, 0.6) is 0 Å². The lowest BCUT2D eigenvalue weighted by Crippen LogP contribution is -2.20. The second-order valence-corrected chi connectivity index (χ2v) is 6.88. The fourth-order valence-electron chi connectivity index (χ4n) is 1.16. The number of halogens is 2. The Morgan fingerprint density at radius 3 is 2.46 bits per heavy atom. The van der Waals surface area contributed by atoms with Gasteiger partial charge in [0.1, 0.15) is 0 Å². The third-order valence-corrected chi connectivity index (χ3v) is 5.70. The van der Waals surface area contributed by atoms with E-state index >= 15 is 0 Å². The normalized spacial score (nSPS) is 12.1. The van der Waals surface area contributed by atoms with Crippen molar-refractivity contribution in [3.8, 4) is 0 Å². The summed E-state index contributed by atoms with van der Waals surface area (Å²) in [4.78, 5) is 1.37. The van der Waals surface area contributed by atoms with Crippen molar-refractivity contribution in [2.75, 3.05) is 6.54 Å². The van der Waals surface area contributed by atoms with Crippen LogP contribution in [-0.2, 0) is 5.41 Å². The molecule has 1 heterocycles. The van der Waals surface area contributed by atoms with Gasteiger partial charge in [-0.05, 0) is 50.9 Å². The molecule has 0 radical (unpaired) electrons. The molecule has 0 aromatic carbocycles. The summed E-state index contributed by atoms with van der Waals surface area (Å²) in [5, 5.41) is 0. The molecule has 0 spiro atoms. The highest BCUT2D eigenvalue weighted by Gasteiger charge is 2.22. The molecule has 0 amide bonds. The second kappa shape index (κ2) is 4.43. The Hall–Kier alpha value is 0.620. The first-order valence-corrected chi connectivity index (χ1v) is 6.53. The van der Waals surface area contributed by atoms with E-state index in [0.717, 1.165) is 21.2 Å². The van der Waals surface area contributed by atoms with Gasteiger partial charge in [-0.2, -0.15) is 0 Å². The van der Waals surface area contributed by atoms with E-state index in [-0.39, 0.29) is 5.41 Å². The average Bonchev–Trinajstić information content (AvgIpc) is 2.33. The Labute approximate surface area is 100.0 Å². The summed E-state index contributed by atoms with van der Waals surface area (Å²) >= 11 is 8.77. The zero-order chi connectivity index (χ0) is 10.1. The molecule has 1 rings (SSSR count). The highest BCUT2D eigenvalue weighted by molar-refractivity contribution is 9.13. The Kier molecular flexibility index (Phi) is 3.98. The van der Waals surface area contributed by atoms with E-state index in [0.29, 0.717) is 0 Å². The summed E-state index contributed by atoms with van der Waals surface area (Å²) in [5.41, 5.74) is 5.77. The van der Waals surface area contributed by atoms with Crippen LogP contribution in [0, 0.1) is 0 Å². The van der Waals surface area contributed by atoms with Gasteiger partial charge in [-0.25, -0.2) is 0 Å². The van der Waals surface area contributed by atoms with Crippen molar-refractivity contribution in [3.63, 3.8) is 0 Å². The van der Waals surface area contributed by atoms with E-state index < -0.39 is 0 Å². The Balaban J connectivity index is 2.93. The molecule has 74 valence electrons. The Morgan fingerprint density at radius 1 is 1.46 bits per heavy atom. The summed E-state index contributed by atoms with van der Waals surface area (Å²) in [7, 11) is 0. The zero-order valence-electron chi connectivity index (χ0n) is 7.73. The molecule has 13 heavy (non-hydrogen) atoms. The molecular formula is C9H13Br2NS. The Bertz CT molecular complexity index is 274. The van der Waals surface area contributed by atoms with Gasteiger partial charge >= 0.3 is 0 Å². The fraction of sp³-hybridized carbons (Fsp3) is 0.556. The average molecular weight is 327 g/mol. The summed E-state index contributed by atoms with van der Waals surface area (Å²) in [5.74, 6) is 0. The first kappa shape index (κ1) is 11.7. The second-order valence-electron chi connectivity index (χ2n) is 3.65. The molecule has 0 unspecified atom stereocenters. The van der Waals surface area contributed by atoms with Gasteiger partial charge in [-0.3, -0.25) is 0 Å². The van der Waals surface area contributed by atoms with Crippen molar-refractivity contribution in [2.45, 2.75) is 25.7 Å². The van der Waals surface area contributed by atoms with Crippen LogP contribution in [0.3, 0.4) is 0 Å². The molecule has 4 heteroatoms. The molecular weight excluding hydrogens is 314 g/mol. The van der Waals surface area contributed by atoms with Crippen molar-refractivity contribution in [1.29, 1.82) is 0 Å². The molecule has 0 saturated carbocycles. The van der Waals surface area contributed by atoms with Gasteiger partial charge in [0.15, 0.2) is 0 Å². The van der Waals surface area contributed by atoms with Crippen LogP contribution in [-0.4, -0.2) is 6.54 Å². The highest BCUT2D eigenvalue weighted by atomic mass is 79.9. The quantitative estimate of drug-likeness (QED) is 0.895. The van der Waals surface area contributed by atoms with Crippen molar-refractivity contribution in [1.82, 2.24) is 0 Å². The van der Waals surface area contributed by atoms with E-state index in [2.05, 4.69) is 51.8 Å². The number of thiophene rings is 1. The van der Waals surface area contributed by atoms with Gasteiger partial charge in [0, 0.05) is 14.8 Å². The number of rotatable bonds is 3. The van der Waals surface area contributed by atoms with Gasteiger partial charge in [0.2, 0.25) is 0 Å². The first-order chi connectivity index (χ1) is 5.97. The molecule has 0 bridgehead atoms. The van der Waals surface area contributed by atoms with Gasteiger partial charge in [0.25, 0.3) is 0 Å². The lowest BCUT2D eigenvalue weighted by molar-refractivity contribution is 0.497. The smallest absolute Gasteiger partial charge is 0.0843 e. The molecule has 1 aromatic heterocycles. The maximum absolute atomic E-state index is 5.58. The summed E-state index contributed by atoms with van der Waals surface area (Å²) in [6.45, 7) is 5.19. The van der Waals surface area contributed by atoms with Crippen LogP contribution in [0.1, 0.15) is 25.1 Å². The maximum atomic E-state index is 5.58. The van der Waals surface area contributed by atoms with Crippen molar-refractivity contribution in [3.05, 3.63) is 19.2 Å². The lowest BCUT2D eigenvalue weighted by Gasteiger charge is -2.21. The minimum atomic E-state index is 0.188. The van der Waals surface area contributed by atoms with Crippen LogP contribution >= 0.6 is 43.2 Å². The van der Waals surface area contributed by atoms with Crippen LogP contribution in [0.15, 0.2) is 14.3 Å². The molecule has 1 aromatic rings. The van der Waals surface area contributed by atoms with E-state index in [1.165, 1.54) is 4.88 Å². The van der Waals surface area contributed by atoms with Crippen LogP contribution < -0.4 is 5.73 Å². The third-order valence-electron chi connectivity index (χ3n) is 2.08. The predicted molar refractivity (Wildman–Crippen MR) is 66.4 cm³/mol. The predicted octanol–water partition coefficient (Wildman–Crippen LogP) is 3.90. The number of hydrogen-bond donors (Lipinski definition) is 1. The zero-order valence-corrected chi connectivity index (χ0v) is 11.7. The molecule has 1 nitrogen and oxygen atoms in total. The molecule has 2 N–H and O–H groups in total. The molecule has 0 aliphatic carbocycles. The van der Waals surface area contributed by atoms with E-state index in [1.807, 2.05) is 0 Å². The molecule has 0 fully saturated rings. The van der Waals surface area contributed by atoms with E-state index in [1.54, 1.807) is 11.3 Å². The van der Waals surface area contributed by atoms with Crippen LogP contribution in [0.2, 0.25) is 0 Å². The highest BCUT2D eigenvalue weighted by Crippen LogP contribution is 2.39. The largest absolute Gasteiger partial charge is 0.330 e. The summed E-state index contributed by atoms with van der Waals surface area (Å²) in [6.07, 6.45) is 1.02. The van der Waals surface area contributed by atoms with Gasteiger partial charge in [-0.15, -0.1) is 11.3 Å². The topological polar surface area (TPSA) is 26.0 Å². The van der Waals surface area contributed by atoms with Gasteiger partial charge in [-0.1, -0.05) is 13.8 Å². The van der Waals surface area contributed by atoms with Gasteiger partial charge in [0.05, 0.1) is 3.79 Å². The van der Waals surface area contributed by atoms with Crippen molar-refractivity contribution in [2.24, 2.45) is 5.73 Å². The Morgan fingerprint density at radius 2 is 2.08 bits per heavy atom. The molecule has 0 atom stereocenters. The van der Waals surface area contributed by atoms with Crippen LogP contribution in [0.4, 0.5) is 0 Å². The fourth-order valence-corrected chi connectivity index (χ4v) is 3.33. The third kappa shape index (κ3) is 2.78. The SMILES string of the molecule is CC(C)(CCN)c1cc(Br)c(Br)s1. The summed E-state index contributed by atoms with van der Waals surface area (Å²) in [6, 6.07) is 2.17. The number of hydrogen-bond acceptors (Lipinski definition) is 2. The minimum Gasteiger partial charge on any atom is -0.330 e. The van der Waals surface area contributed by atoms with Crippen LogP contribution in [0.25, 0.3) is 0 Å². The van der Waals surface area contributed by atoms with E-state index in [4.69, 9.17) is 5.73 Å². The minimum absolute atomic E-state index is 0.188. The molecule has 0 aliphatic heterocycles.